The lowest BCUT2D eigenvalue weighted by Gasteiger charge is -2.19. The van der Waals surface area contributed by atoms with Gasteiger partial charge in [0.15, 0.2) is 0 Å². The van der Waals surface area contributed by atoms with E-state index in [4.69, 9.17) is 4.74 Å². The molecule has 2 amide bonds. The van der Waals surface area contributed by atoms with Crippen molar-refractivity contribution in [1.29, 1.82) is 0 Å². The lowest BCUT2D eigenvalue weighted by molar-refractivity contribution is -0.127. The average molecular weight is 312 g/mol. The predicted molar refractivity (Wildman–Crippen MR) is 90.5 cm³/mol. The van der Waals surface area contributed by atoms with Crippen molar-refractivity contribution in [3.63, 3.8) is 0 Å². The number of rotatable bonds is 6. The summed E-state index contributed by atoms with van der Waals surface area (Å²) in [5.74, 6) is -0.405. The Morgan fingerprint density at radius 1 is 0.739 bits per heavy atom. The van der Waals surface area contributed by atoms with Crippen LogP contribution < -0.4 is 9.80 Å². The van der Waals surface area contributed by atoms with E-state index in [9.17, 15) is 9.59 Å². The maximum atomic E-state index is 12.0. The van der Waals surface area contributed by atoms with Crippen molar-refractivity contribution in [2.75, 3.05) is 37.1 Å². The van der Waals surface area contributed by atoms with Crippen LogP contribution in [0.1, 0.15) is 0 Å². The third-order valence-electron chi connectivity index (χ3n) is 3.49. The highest BCUT2D eigenvalue weighted by Gasteiger charge is 2.14. The topological polar surface area (TPSA) is 49.9 Å². The Morgan fingerprint density at radius 3 is 1.43 bits per heavy atom. The maximum Gasteiger partial charge on any atom is 0.252 e. The number of likely N-dealkylation sites (N-methyl/N-ethyl adjacent to an activating group) is 2. The molecule has 0 bridgehead atoms. The summed E-state index contributed by atoms with van der Waals surface area (Å²) < 4.78 is 5.26. The second kappa shape index (κ2) is 8.10. The van der Waals surface area contributed by atoms with Crippen molar-refractivity contribution in [3.05, 3.63) is 60.7 Å². The van der Waals surface area contributed by atoms with E-state index in [0.29, 0.717) is 0 Å². The SMILES string of the molecule is CN(C(=O)COCC(=O)N(C)c1ccccc1)c1ccccc1. The fourth-order valence-electron chi connectivity index (χ4n) is 2.01. The van der Waals surface area contributed by atoms with Crippen molar-refractivity contribution in [2.45, 2.75) is 0 Å². The van der Waals surface area contributed by atoms with Crippen molar-refractivity contribution < 1.29 is 14.3 Å². The highest BCUT2D eigenvalue weighted by atomic mass is 16.5. The first-order valence-corrected chi connectivity index (χ1v) is 7.30. The van der Waals surface area contributed by atoms with Gasteiger partial charge in [0, 0.05) is 25.5 Å². The van der Waals surface area contributed by atoms with Gasteiger partial charge in [0.1, 0.15) is 13.2 Å². The summed E-state index contributed by atoms with van der Waals surface area (Å²) in [5.41, 5.74) is 1.57. The molecule has 120 valence electrons. The second-order valence-electron chi connectivity index (χ2n) is 5.07. The number of carbonyl (C=O) groups is 2. The zero-order valence-corrected chi connectivity index (χ0v) is 13.3. The van der Waals surface area contributed by atoms with Gasteiger partial charge in [0.2, 0.25) is 0 Å². The molecule has 2 aromatic carbocycles. The first kappa shape index (κ1) is 16.7. The summed E-state index contributed by atoms with van der Waals surface area (Å²) >= 11 is 0. The van der Waals surface area contributed by atoms with E-state index in [1.54, 1.807) is 14.1 Å². The quantitative estimate of drug-likeness (QED) is 0.822. The molecule has 0 aliphatic carbocycles. The molecule has 5 heteroatoms. The summed E-state index contributed by atoms with van der Waals surface area (Å²) in [5, 5.41) is 0. The molecular formula is C18H20N2O3. The van der Waals surface area contributed by atoms with E-state index < -0.39 is 0 Å². The Bertz CT molecular complexity index is 586. The third-order valence-corrected chi connectivity index (χ3v) is 3.49. The molecule has 0 fully saturated rings. The van der Waals surface area contributed by atoms with Crippen LogP contribution in [0.4, 0.5) is 11.4 Å². The van der Waals surface area contributed by atoms with E-state index >= 15 is 0 Å². The molecule has 0 aliphatic rings. The van der Waals surface area contributed by atoms with Gasteiger partial charge >= 0.3 is 0 Å². The fraction of sp³-hybridized carbons (Fsp3) is 0.222. The highest BCUT2D eigenvalue weighted by Crippen LogP contribution is 2.12. The smallest absolute Gasteiger partial charge is 0.252 e. The fourth-order valence-corrected chi connectivity index (χ4v) is 2.01. The average Bonchev–Trinajstić information content (AvgIpc) is 2.61. The van der Waals surface area contributed by atoms with Gasteiger partial charge in [-0.3, -0.25) is 9.59 Å². The van der Waals surface area contributed by atoms with E-state index in [-0.39, 0.29) is 25.0 Å². The number of ether oxygens (including phenoxy) is 1. The number of para-hydroxylation sites is 2. The summed E-state index contributed by atoms with van der Waals surface area (Å²) in [6.45, 7) is -0.278. The van der Waals surface area contributed by atoms with Gasteiger partial charge in [0.25, 0.3) is 11.8 Å². The number of anilines is 2. The van der Waals surface area contributed by atoms with Gasteiger partial charge in [-0.15, -0.1) is 0 Å². The van der Waals surface area contributed by atoms with Gasteiger partial charge in [-0.2, -0.15) is 0 Å². The van der Waals surface area contributed by atoms with Gasteiger partial charge in [-0.05, 0) is 24.3 Å². The lowest BCUT2D eigenvalue weighted by atomic mass is 10.3. The van der Waals surface area contributed by atoms with Gasteiger partial charge < -0.3 is 14.5 Å². The van der Waals surface area contributed by atoms with Crippen LogP contribution in [-0.4, -0.2) is 39.1 Å². The number of carbonyl (C=O) groups excluding carboxylic acids is 2. The van der Waals surface area contributed by atoms with Crippen molar-refractivity contribution in [1.82, 2.24) is 0 Å². The monoisotopic (exact) mass is 312 g/mol. The van der Waals surface area contributed by atoms with E-state index in [0.717, 1.165) is 11.4 Å². The zero-order chi connectivity index (χ0) is 16.7. The lowest BCUT2D eigenvalue weighted by Crippen LogP contribution is -2.34. The van der Waals surface area contributed by atoms with Crippen LogP contribution in [-0.2, 0) is 14.3 Å². The van der Waals surface area contributed by atoms with Crippen LogP contribution in [0.15, 0.2) is 60.7 Å². The first-order valence-electron chi connectivity index (χ1n) is 7.30. The van der Waals surface area contributed by atoms with Crippen molar-refractivity contribution in [3.8, 4) is 0 Å². The molecule has 0 saturated carbocycles. The minimum absolute atomic E-state index is 0.139. The van der Waals surface area contributed by atoms with Gasteiger partial charge in [-0.1, -0.05) is 36.4 Å². The summed E-state index contributed by atoms with van der Waals surface area (Å²) in [6, 6.07) is 18.6. The molecule has 2 rings (SSSR count). The Hall–Kier alpha value is -2.66. The predicted octanol–water partition coefficient (Wildman–Crippen LogP) is 2.33. The van der Waals surface area contributed by atoms with Crippen molar-refractivity contribution in [2.24, 2.45) is 0 Å². The van der Waals surface area contributed by atoms with Gasteiger partial charge in [-0.25, -0.2) is 0 Å². The van der Waals surface area contributed by atoms with Crippen molar-refractivity contribution >= 4 is 23.2 Å². The largest absolute Gasteiger partial charge is 0.362 e. The third kappa shape index (κ3) is 4.66. The summed E-state index contributed by atoms with van der Waals surface area (Å²) in [4.78, 5) is 27.1. The Balaban J connectivity index is 1.80. The maximum absolute atomic E-state index is 12.0. The molecule has 0 atom stereocenters. The normalized spacial score (nSPS) is 10.2. The standard InChI is InChI=1S/C18H20N2O3/c1-19(15-9-5-3-6-10-15)17(21)13-23-14-18(22)20(2)16-11-7-4-8-12-16/h3-12H,13-14H2,1-2H3. The van der Waals surface area contributed by atoms with Crippen LogP contribution in [0, 0.1) is 0 Å². The molecule has 0 aromatic heterocycles. The number of amides is 2. The number of hydrogen-bond acceptors (Lipinski definition) is 3. The molecule has 0 N–H and O–H groups in total. The van der Waals surface area contributed by atoms with Crippen LogP contribution >= 0.6 is 0 Å². The molecule has 0 aliphatic heterocycles. The van der Waals surface area contributed by atoms with E-state index in [1.807, 2.05) is 60.7 Å². The molecule has 0 heterocycles. The molecule has 0 spiro atoms. The molecule has 0 radical (unpaired) electrons. The van der Waals surface area contributed by atoms with Crippen LogP contribution in [0.3, 0.4) is 0 Å². The Labute approximate surface area is 136 Å². The minimum Gasteiger partial charge on any atom is -0.362 e. The Morgan fingerprint density at radius 2 is 1.09 bits per heavy atom. The number of benzene rings is 2. The number of nitrogens with zero attached hydrogens (tertiary/aromatic N) is 2. The zero-order valence-electron chi connectivity index (χ0n) is 13.3. The van der Waals surface area contributed by atoms with Crippen LogP contribution in [0.5, 0.6) is 0 Å². The summed E-state index contributed by atoms with van der Waals surface area (Å²) in [6.07, 6.45) is 0. The summed E-state index contributed by atoms with van der Waals surface area (Å²) in [7, 11) is 3.36. The second-order valence-corrected chi connectivity index (χ2v) is 5.07. The van der Waals surface area contributed by atoms with E-state index in [2.05, 4.69) is 0 Å². The highest BCUT2D eigenvalue weighted by molar-refractivity contribution is 5.95. The molecule has 0 saturated heterocycles. The minimum atomic E-state index is -0.202. The van der Waals surface area contributed by atoms with Gasteiger partial charge in [0.05, 0.1) is 0 Å². The number of hydrogen-bond donors (Lipinski definition) is 0. The molecule has 23 heavy (non-hydrogen) atoms. The van der Waals surface area contributed by atoms with Crippen LogP contribution in [0.2, 0.25) is 0 Å². The molecule has 0 unspecified atom stereocenters. The Kier molecular flexibility index (Phi) is 5.88. The molecule has 2 aromatic rings. The first-order chi connectivity index (χ1) is 11.1. The molecular weight excluding hydrogens is 292 g/mol. The molecule has 5 nitrogen and oxygen atoms in total. The van der Waals surface area contributed by atoms with E-state index in [1.165, 1.54) is 9.80 Å². The van der Waals surface area contributed by atoms with Crippen LogP contribution in [0.25, 0.3) is 0 Å².